The van der Waals surface area contributed by atoms with E-state index < -0.39 is 0 Å². The van der Waals surface area contributed by atoms with Crippen molar-refractivity contribution in [3.05, 3.63) is 131 Å². The molecule has 0 fully saturated rings. The molecule has 1 spiro atoms. The lowest BCUT2D eigenvalue weighted by Gasteiger charge is -2.30. The maximum atomic E-state index is 2.44. The predicted molar refractivity (Wildman–Crippen MR) is 125 cm³/mol. The molecule has 140 valence electrons. The highest BCUT2D eigenvalue weighted by molar-refractivity contribution is 5.99. The van der Waals surface area contributed by atoms with Gasteiger partial charge in [0, 0.05) is 0 Å². The summed E-state index contributed by atoms with van der Waals surface area (Å²) in [5.74, 6) is 0. The Bertz CT molecular complexity index is 1500. The topological polar surface area (TPSA) is 0 Å². The van der Waals surface area contributed by atoms with Crippen LogP contribution in [0, 0.1) is 6.92 Å². The van der Waals surface area contributed by atoms with Crippen molar-refractivity contribution < 1.29 is 0 Å². The SMILES string of the molecule is Cc1ccc2c(c1)C1(c3ccccc3-2)c2ccccc2-c2cc3ccccc3cc21. The lowest BCUT2D eigenvalue weighted by Crippen LogP contribution is -2.25. The smallest absolute Gasteiger partial charge is 0.0619 e. The fourth-order valence-electron chi connectivity index (χ4n) is 5.94. The van der Waals surface area contributed by atoms with E-state index in [0.29, 0.717) is 0 Å². The molecule has 2 aliphatic carbocycles. The van der Waals surface area contributed by atoms with E-state index in [1.165, 1.54) is 60.8 Å². The molecule has 0 aromatic heterocycles. The normalized spacial score (nSPS) is 17.6. The number of rotatable bonds is 0. The number of hydrogen-bond acceptors (Lipinski definition) is 0. The summed E-state index contributed by atoms with van der Waals surface area (Å²) >= 11 is 0. The molecule has 0 aliphatic heterocycles. The van der Waals surface area contributed by atoms with E-state index in [1.807, 2.05) is 0 Å². The highest BCUT2D eigenvalue weighted by atomic mass is 14.5. The Kier molecular flexibility index (Phi) is 2.96. The largest absolute Gasteiger partial charge is 0.0725 e. The van der Waals surface area contributed by atoms with Crippen molar-refractivity contribution in [3.63, 3.8) is 0 Å². The van der Waals surface area contributed by atoms with Gasteiger partial charge in [-0.3, -0.25) is 0 Å². The fraction of sp³-hybridized carbons (Fsp3) is 0.0667. The third-order valence-corrected chi connectivity index (χ3v) is 7.11. The molecule has 1 unspecified atom stereocenters. The Labute approximate surface area is 176 Å². The van der Waals surface area contributed by atoms with Crippen LogP contribution in [0.1, 0.15) is 27.8 Å². The van der Waals surface area contributed by atoms with Crippen molar-refractivity contribution >= 4 is 10.8 Å². The number of fused-ring (bicyclic) bond motifs is 11. The van der Waals surface area contributed by atoms with Crippen LogP contribution in [-0.2, 0) is 5.41 Å². The average Bonchev–Trinajstić information content (AvgIpc) is 3.24. The third kappa shape index (κ3) is 1.78. The minimum Gasteiger partial charge on any atom is -0.0619 e. The van der Waals surface area contributed by atoms with E-state index in [1.54, 1.807) is 0 Å². The zero-order chi connectivity index (χ0) is 19.9. The van der Waals surface area contributed by atoms with E-state index in [9.17, 15) is 0 Å². The predicted octanol–water partition coefficient (Wildman–Crippen LogP) is 7.49. The van der Waals surface area contributed by atoms with Crippen LogP contribution in [0.25, 0.3) is 33.0 Å². The Balaban J connectivity index is 1.74. The lowest BCUT2D eigenvalue weighted by atomic mass is 9.70. The minimum absolute atomic E-state index is 0.242. The van der Waals surface area contributed by atoms with Gasteiger partial charge in [0.25, 0.3) is 0 Å². The molecule has 7 rings (SSSR count). The molecule has 5 aromatic rings. The van der Waals surface area contributed by atoms with Gasteiger partial charge >= 0.3 is 0 Å². The van der Waals surface area contributed by atoms with Gasteiger partial charge in [-0.1, -0.05) is 96.6 Å². The Morgan fingerprint density at radius 1 is 0.433 bits per heavy atom. The number of hydrogen-bond donors (Lipinski definition) is 0. The average molecular weight is 380 g/mol. The highest BCUT2D eigenvalue weighted by Crippen LogP contribution is 2.63. The van der Waals surface area contributed by atoms with Crippen molar-refractivity contribution in [2.75, 3.05) is 0 Å². The van der Waals surface area contributed by atoms with Gasteiger partial charge in [-0.2, -0.15) is 0 Å². The molecule has 0 amide bonds. The molecule has 0 saturated carbocycles. The fourth-order valence-corrected chi connectivity index (χ4v) is 5.94. The maximum absolute atomic E-state index is 2.44. The molecule has 0 heterocycles. The summed E-state index contributed by atoms with van der Waals surface area (Å²) in [5, 5.41) is 2.61. The van der Waals surface area contributed by atoms with E-state index >= 15 is 0 Å². The molecular formula is C30H20. The van der Waals surface area contributed by atoms with Crippen molar-refractivity contribution in [2.24, 2.45) is 0 Å². The highest BCUT2D eigenvalue weighted by Gasteiger charge is 2.51. The van der Waals surface area contributed by atoms with Crippen LogP contribution in [0.5, 0.6) is 0 Å². The van der Waals surface area contributed by atoms with Crippen LogP contribution in [-0.4, -0.2) is 0 Å². The van der Waals surface area contributed by atoms with Gasteiger partial charge in [0.1, 0.15) is 0 Å². The first kappa shape index (κ1) is 16.2. The summed E-state index contributed by atoms with van der Waals surface area (Å²) in [5.41, 5.74) is 12.2. The van der Waals surface area contributed by atoms with Crippen molar-refractivity contribution in [1.29, 1.82) is 0 Å². The van der Waals surface area contributed by atoms with Crippen LogP contribution in [0.4, 0.5) is 0 Å². The molecule has 0 radical (unpaired) electrons. The van der Waals surface area contributed by atoms with E-state index in [2.05, 4.69) is 110 Å². The lowest BCUT2D eigenvalue weighted by molar-refractivity contribution is 0.794. The zero-order valence-electron chi connectivity index (χ0n) is 16.8. The van der Waals surface area contributed by atoms with Crippen LogP contribution in [0.2, 0.25) is 0 Å². The Morgan fingerprint density at radius 3 is 1.70 bits per heavy atom. The van der Waals surface area contributed by atoms with E-state index in [0.717, 1.165) is 0 Å². The number of benzene rings is 5. The summed E-state index contributed by atoms with van der Waals surface area (Å²) < 4.78 is 0. The van der Waals surface area contributed by atoms with Gasteiger partial charge < -0.3 is 0 Å². The van der Waals surface area contributed by atoms with Crippen molar-refractivity contribution in [1.82, 2.24) is 0 Å². The third-order valence-electron chi connectivity index (χ3n) is 7.11. The first-order valence-corrected chi connectivity index (χ1v) is 10.6. The summed E-state index contributed by atoms with van der Waals surface area (Å²) in [6, 6.07) is 38.6. The van der Waals surface area contributed by atoms with Gasteiger partial charge in [-0.25, -0.2) is 0 Å². The monoisotopic (exact) mass is 380 g/mol. The van der Waals surface area contributed by atoms with Gasteiger partial charge in [0.2, 0.25) is 0 Å². The van der Waals surface area contributed by atoms with Crippen molar-refractivity contribution in [2.45, 2.75) is 12.3 Å². The minimum atomic E-state index is -0.242. The molecule has 2 aliphatic rings. The molecule has 0 N–H and O–H groups in total. The summed E-state index contributed by atoms with van der Waals surface area (Å²) in [7, 11) is 0. The zero-order valence-corrected chi connectivity index (χ0v) is 16.8. The van der Waals surface area contributed by atoms with E-state index in [4.69, 9.17) is 0 Å². The molecule has 1 atom stereocenters. The van der Waals surface area contributed by atoms with E-state index in [-0.39, 0.29) is 5.41 Å². The Hall–Kier alpha value is -3.64. The Morgan fingerprint density at radius 2 is 0.967 bits per heavy atom. The standard InChI is InChI=1S/C30H20/c1-19-14-15-24-22-10-4-6-12-26(22)30(28(24)16-19)27-13-7-5-11-23(27)25-17-20-8-2-3-9-21(20)18-29(25)30/h2-18H,1H3. The quantitative estimate of drug-likeness (QED) is 0.256. The number of aryl methyl sites for hydroxylation is 1. The molecular weight excluding hydrogens is 360 g/mol. The molecule has 0 saturated heterocycles. The van der Waals surface area contributed by atoms with Crippen molar-refractivity contribution in [3.8, 4) is 22.3 Å². The molecule has 0 bridgehead atoms. The first-order valence-electron chi connectivity index (χ1n) is 10.6. The second-order valence-electron chi connectivity index (χ2n) is 8.64. The molecule has 0 nitrogen and oxygen atoms in total. The molecule has 30 heavy (non-hydrogen) atoms. The first-order chi connectivity index (χ1) is 14.8. The summed E-state index contributed by atoms with van der Waals surface area (Å²) in [6.07, 6.45) is 0. The van der Waals surface area contributed by atoms with Gasteiger partial charge in [-0.05, 0) is 74.3 Å². The van der Waals surface area contributed by atoms with Gasteiger partial charge in [-0.15, -0.1) is 0 Å². The summed E-state index contributed by atoms with van der Waals surface area (Å²) in [6.45, 7) is 2.21. The maximum Gasteiger partial charge on any atom is 0.0725 e. The second-order valence-corrected chi connectivity index (χ2v) is 8.64. The molecule has 0 heteroatoms. The van der Waals surface area contributed by atoms with Crippen LogP contribution in [0.15, 0.2) is 103 Å². The van der Waals surface area contributed by atoms with Crippen LogP contribution >= 0.6 is 0 Å². The van der Waals surface area contributed by atoms with Gasteiger partial charge in [0.15, 0.2) is 0 Å². The van der Waals surface area contributed by atoms with Crippen LogP contribution < -0.4 is 0 Å². The molecule has 5 aromatic carbocycles. The van der Waals surface area contributed by atoms with Gasteiger partial charge in [0.05, 0.1) is 5.41 Å². The second kappa shape index (κ2) is 5.49. The summed E-state index contributed by atoms with van der Waals surface area (Å²) in [4.78, 5) is 0. The van der Waals surface area contributed by atoms with Crippen LogP contribution in [0.3, 0.4) is 0 Å².